The Bertz CT molecular complexity index is 777. The van der Waals surface area contributed by atoms with Gasteiger partial charge in [-0.25, -0.2) is 4.98 Å². The van der Waals surface area contributed by atoms with Crippen molar-refractivity contribution < 1.29 is 22.7 Å². The molecule has 1 aromatic carbocycles. The number of carbonyl (C=O) groups excluding carboxylic acids is 1. The molecule has 0 saturated heterocycles. The number of aromatic nitrogens is 1. The summed E-state index contributed by atoms with van der Waals surface area (Å²) in [6, 6.07) is 7.61. The van der Waals surface area contributed by atoms with E-state index in [1.54, 1.807) is 6.20 Å². The first-order chi connectivity index (χ1) is 13.1. The zero-order valence-electron chi connectivity index (χ0n) is 16.0. The van der Waals surface area contributed by atoms with Crippen LogP contribution in [-0.2, 0) is 11.0 Å². The Labute approximate surface area is 162 Å². The summed E-state index contributed by atoms with van der Waals surface area (Å²) in [5.74, 6) is 1.03. The molecule has 0 fully saturated rings. The summed E-state index contributed by atoms with van der Waals surface area (Å²) in [4.78, 5) is 16.3. The van der Waals surface area contributed by atoms with Crippen LogP contribution < -0.4 is 15.4 Å². The second-order valence-corrected chi connectivity index (χ2v) is 6.85. The minimum Gasteiger partial charge on any atom is -0.484 e. The lowest BCUT2D eigenvalue weighted by Crippen LogP contribution is -2.31. The number of alkyl halides is 3. The van der Waals surface area contributed by atoms with E-state index in [-0.39, 0.29) is 24.3 Å². The Balaban J connectivity index is 1.86. The van der Waals surface area contributed by atoms with E-state index in [1.807, 2.05) is 19.1 Å². The summed E-state index contributed by atoms with van der Waals surface area (Å²) in [6.45, 7) is 6.52. The molecule has 28 heavy (non-hydrogen) atoms. The minimum absolute atomic E-state index is 0.194. The Morgan fingerprint density at radius 3 is 2.43 bits per heavy atom. The molecule has 1 unspecified atom stereocenters. The lowest BCUT2D eigenvalue weighted by molar-refractivity contribution is -0.137. The molecular weight excluding hydrogens is 371 g/mol. The van der Waals surface area contributed by atoms with Gasteiger partial charge in [0.05, 0.1) is 11.6 Å². The average molecular weight is 395 g/mol. The van der Waals surface area contributed by atoms with E-state index < -0.39 is 11.7 Å². The monoisotopic (exact) mass is 395 g/mol. The quantitative estimate of drug-likeness (QED) is 0.694. The molecule has 0 aliphatic rings. The summed E-state index contributed by atoms with van der Waals surface area (Å²) < 4.78 is 42.9. The van der Waals surface area contributed by atoms with Gasteiger partial charge in [0, 0.05) is 12.7 Å². The number of hydrogen-bond donors (Lipinski definition) is 2. The largest absolute Gasteiger partial charge is 0.484 e. The van der Waals surface area contributed by atoms with Gasteiger partial charge in [-0.05, 0) is 54.8 Å². The highest BCUT2D eigenvalue weighted by atomic mass is 19.4. The number of benzene rings is 1. The van der Waals surface area contributed by atoms with Crippen molar-refractivity contribution in [2.24, 2.45) is 5.92 Å². The van der Waals surface area contributed by atoms with E-state index in [0.717, 1.165) is 30.1 Å². The SMILES string of the molecule is CC(C)CNc1cc(C(C)NC(=O)COc2ccc(C(F)(F)F)cc2)ccn1. The van der Waals surface area contributed by atoms with Crippen molar-refractivity contribution in [3.05, 3.63) is 53.7 Å². The molecule has 8 heteroatoms. The smallest absolute Gasteiger partial charge is 0.416 e. The summed E-state index contributed by atoms with van der Waals surface area (Å²) in [7, 11) is 0. The first-order valence-corrected chi connectivity index (χ1v) is 8.94. The van der Waals surface area contributed by atoms with Crippen molar-refractivity contribution in [1.29, 1.82) is 0 Å². The molecule has 0 saturated carbocycles. The molecule has 2 rings (SSSR count). The fourth-order valence-corrected chi connectivity index (χ4v) is 2.38. The van der Waals surface area contributed by atoms with Crippen molar-refractivity contribution in [3.8, 4) is 5.75 Å². The maximum absolute atomic E-state index is 12.5. The number of carbonyl (C=O) groups is 1. The molecule has 0 aliphatic carbocycles. The molecule has 5 nitrogen and oxygen atoms in total. The average Bonchev–Trinajstić information content (AvgIpc) is 2.64. The van der Waals surface area contributed by atoms with Crippen LogP contribution in [0.1, 0.15) is 37.9 Å². The molecule has 1 aromatic heterocycles. The summed E-state index contributed by atoms with van der Waals surface area (Å²) in [6.07, 6.45) is -2.74. The van der Waals surface area contributed by atoms with Gasteiger partial charge in [-0.2, -0.15) is 13.2 Å². The highest BCUT2D eigenvalue weighted by Crippen LogP contribution is 2.30. The van der Waals surface area contributed by atoms with E-state index in [0.29, 0.717) is 5.92 Å². The standard InChI is InChI=1S/C20H24F3N3O2/c1-13(2)11-25-18-10-15(8-9-24-18)14(3)26-19(27)12-28-17-6-4-16(5-7-17)20(21,22)23/h4-10,13-14H,11-12H2,1-3H3,(H,24,25)(H,26,27). The fourth-order valence-electron chi connectivity index (χ4n) is 2.38. The molecular formula is C20H24F3N3O2. The third-order valence-corrected chi connectivity index (χ3v) is 3.90. The van der Waals surface area contributed by atoms with Crippen LogP contribution in [0.2, 0.25) is 0 Å². The van der Waals surface area contributed by atoms with Crippen LogP contribution in [0, 0.1) is 5.92 Å². The third-order valence-electron chi connectivity index (χ3n) is 3.90. The minimum atomic E-state index is -4.40. The lowest BCUT2D eigenvalue weighted by Gasteiger charge is -2.16. The van der Waals surface area contributed by atoms with Crippen LogP contribution in [-0.4, -0.2) is 24.0 Å². The van der Waals surface area contributed by atoms with Gasteiger partial charge in [-0.3, -0.25) is 4.79 Å². The van der Waals surface area contributed by atoms with Crippen LogP contribution in [0.25, 0.3) is 0 Å². The van der Waals surface area contributed by atoms with Gasteiger partial charge < -0.3 is 15.4 Å². The zero-order valence-corrected chi connectivity index (χ0v) is 16.0. The number of ether oxygens (including phenoxy) is 1. The molecule has 2 aromatic rings. The van der Waals surface area contributed by atoms with Gasteiger partial charge in [0.25, 0.3) is 5.91 Å². The third kappa shape index (κ3) is 6.75. The molecule has 0 bridgehead atoms. The Morgan fingerprint density at radius 2 is 1.82 bits per heavy atom. The molecule has 1 heterocycles. The van der Waals surface area contributed by atoms with Gasteiger partial charge in [-0.1, -0.05) is 13.8 Å². The lowest BCUT2D eigenvalue weighted by atomic mass is 10.1. The fraction of sp³-hybridized carbons (Fsp3) is 0.400. The summed E-state index contributed by atoms with van der Waals surface area (Å²) >= 11 is 0. The van der Waals surface area contributed by atoms with Crippen molar-refractivity contribution in [2.75, 3.05) is 18.5 Å². The Kier molecular flexibility index (Phi) is 7.25. The highest BCUT2D eigenvalue weighted by Gasteiger charge is 2.30. The van der Waals surface area contributed by atoms with Crippen LogP contribution in [0.3, 0.4) is 0 Å². The maximum Gasteiger partial charge on any atom is 0.416 e. The number of nitrogens with one attached hydrogen (secondary N) is 2. The van der Waals surface area contributed by atoms with Crippen LogP contribution in [0.15, 0.2) is 42.6 Å². The first kappa shape index (κ1) is 21.5. The number of pyridine rings is 1. The van der Waals surface area contributed by atoms with E-state index in [9.17, 15) is 18.0 Å². The van der Waals surface area contributed by atoms with Gasteiger partial charge in [0.2, 0.25) is 0 Å². The van der Waals surface area contributed by atoms with E-state index >= 15 is 0 Å². The van der Waals surface area contributed by atoms with Crippen molar-refractivity contribution in [2.45, 2.75) is 33.0 Å². The first-order valence-electron chi connectivity index (χ1n) is 8.94. The number of amides is 1. The second kappa shape index (κ2) is 9.43. The van der Waals surface area contributed by atoms with Gasteiger partial charge in [-0.15, -0.1) is 0 Å². The van der Waals surface area contributed by atoms with Gasteiger partial charge in [0.1, 0.15) is 11.6 Å². The van der Waals surface area contributed by atoms with Crippen LogP contribution in [0.5, 0.6) is 5.75 Å². The summed E-state index contributed by atoms with van der Waals surface area (Å²) in [5.41, 5.74) is 0.113. The van der Waals surface area contributed by atoms with E-state index in [2.05, 4.69) is 29.5 Å². The molecule has 1 atom stereocenters. The Hall–Kier alpha value is -2.77. The number of nitrogens with zero attached hydrogens (tertiary/aromatic N) is 1. The maximum atomic E-state index is 12.5. The Morgan fingerprint density at radius 1 is 1.14 bits per heavy atom. The van der Waals surface area contributed by atoms with Crippen molar-refractivity contribution in [1.82, 2.24) is 10.3 Å². The predicted molar refractivity (Wildman–Crippen MR) is 101 cm³/mol. The summed E-state index contributed by atoms with van der Waals surface area (Å²) in [5, 5.41) is 6.02. The molecule has 2 N–H and O–H groups in total. The predicted octanol–water partition coefficient (Wildman–Crippen LogP) is 4.42. The zero-order chi connectivity index (χ0) is 20.7. The van der Waals surface area contributed by atoms with Crippen molar-refractivity contribution in [3.63, 3.8) is 0 Å². The molecule has 0 spiro atoms. The number of hydrogen-bond acceptors (Lipinski definition) is 4. The molecule has 1 amide bonds. The van der Waals surface area contributed by atoms with Crippen molar-refractivity contribution >= 4 is 11.7 Å². The van der Waals surface area contributed by atoms with E-state index in [4.69, 9.17) is 4.74 Å². The highest BCUT2D eigenvalue weighted by molar-refractivity contribution is 5.78. The molecule has 0 radical (unpaired) electrons. The number of anilines is 1. The van der Waals surface area contributed by atoms with E-state index in [1.165, 1.54) is 12.1 Å². The second-order valence-electron chi connectivity index (χ2n) is 6.85. The molecule has 0 aliphatic heterocycles. The van der Waals surface area contributed by atoms with Crippen LogP contribution in [0.4, 0.5) is 19.0 Å². The number of halogens is 3. The van der Waals surface area contributed by atoms with Gasteiger partial charge in [0.15, 0.2) is 6.61 Å². The molecule has 152 valence electrons. The van der Waals surface area contributed by atoms with Gasteiger partial charge >= 0.3 is 6.18 Å². The topological polar surface area (TPSA) is 63.2 Å². The number of rotatable bonds is 8. The van der Waals surface area contributed by atoms with Crippen LogP contribution >= 0.6 is 0 Å². The normalized spacial score (nSPS) is 12.5.